The van der Waals surface area contributed by atoms with E-state index in [1.807, 2.05) is 32.0 Å². The number of nitrogen functional groups attached to an aromatic ring is 1. The van der Waals surface area contributed by atoms with E-state index in [0.717, 1.165) is 18.4 Å². The van der Waals surface area contributed by atoms with E-state index in [1.165, 1.54) is 0 Å². The molecule has 0 unspecified atom stereocenters. The maximum absolute atomic E-state index is 11.9. The summed E-state index contributed by atoms with van der Waals surface area (Å²) in [4.78, 5) is 11.9. The van der Waals surface area contributed by atoms with Crippen LogP contribution in [0.1, 0.15) is 32.3 Å². The molecule has 1 aromatic rings. The smallest absolute Gasteiger partial charge is 0.224 e. The molecule has 0 aliphatic rings. The lowest BCUT2D eigenvalue weighted by Crippen LogP contribution is -2.40. The lowest BCUT2D eigenvalue weighted by atomic mass is 9.83. The first kappa shape index (κ1) is 15.5. The first-order valence-corrected chi connectivity index (χ1v) is 6.78. The Morgan fingerprint density at radius 2 is 1.95 bits per heavy atom. The summed E-state index contributed by atoms with van der Waals surface area (Å²) in [5, 5.41) is 12.3. The van der Waals surface area contributed by atoms with Crippen LogP contribution in [-0.2, 0) is 11.2 Å². The molecule has 4 nitrogen and oxygen atoms in total. The molecule has 0 radical (unpaired) electrons. The molecule has 19 heavy (non-hydrogen) atoms. The Morgan fingerprint density at radius 3 is 2.47 bits per heavy atom. The maximum Gasteiger partial charge on any atom is 0.224 e. The second-order valence-corrected chi connectivity index (χ2v) is 5.02. The SMILES string of the molecule is CCC(CC)(CO)CNC(=O)Cc1ccccc1N. The molecule has 106 valence electrons. The van der Waals surface area contributed by atoms with E-state index in [-0.39, 0.29) is 24.3 Å². The third-order valence-electron chi connectivity index (χ3n) is 3.90. The van der Waals surface area contributed by atoms with Crippen molar-refractivity contribution in [3.05, 3.63) is 29.8 Å². The minimum Gasteiger partial charge on any atom is -0.398 e. The van der Waals surface area contributed by atoms with E-state index >= 15 is 0 Å². The molecule has 4 N–H and O–H groups in total. The molecular formula is C15H24N2O2. The van der Waals surface area contributed by atoms with Crippen LogP contribution in [0.4, 0.5) is 5.69 Å². The third-order valence-corrected chi connectivity index (χ3v) is 3.90. The molecule has 0 aliphatic heterocycles. The van der Waals surface area contributed by atoms with Crippen LogP contribution in [-0.4, -0.2) is 24.2 Å². The minimum atomic E-state index is -0.210. The second kappa shape index (κ2) is 7.14. The number of nitrogens with two attached hydrogens (primary N) is 1. The number of rotatable bonds is 7. The molecular weight excluding hydrogens is 240 g/mol. The highest BCUT2D eigenvalue weighted by atomic mass is 16.3. The molecule has 0 spiro atoms. The van der Waals surface area contributed by atoms with Crippen LogP contribution in [0.3, 0.4) is 0 Å². The summed E-state index contributed by atoms with van der Waals surface area (Å²) >= 11 is 0. The number of hydrogen-bond acceptors (Lipinski definition) is 3. The molecule has 0 aromatic heterocycles. The van der Waals surface area contributed by atoms with Gasteiger partial charge < -0.3 is 16.2 Å². The average Bonchev–Trinajstić information content (AvgIpc) is 2.44. The van der Waals surface area contributed by atoms with Gasteiger partial charge in [0, 0.05) is 17.6 Å². The number of aliphatic hydroxyl groups excluding tert-OH is 1. The molecule has 0 bridgehead atoms. The van der Waals surface area contributed by atoms with Crippen LogP contribution in [0.5, 0.6) is 0 Å². The Labute approximate surface area is 115 Å². The van der Waals surface area contributed by atoms with Gasteiger partial charge in [-0.15, -0.1) is 0 Å². The average molecular weight is 264 g/mol. The van der Waals surface area contributed by atoms with Gasteiger partial charge in [0.1, 0.15) is 0 Å². The molecule has 4 heteroatoms. The van der Waals surface area contributed by atoms with E-state index in [1.54, 1.807) is 6.07 Å². The fourth-order valence-corrected chi connectivity index (χ4v) is 2.00. The van der Waals surface area contributed by atoms with Gasteiger partial charge in [0.25, 0.3) is 0 Å². The van der Waals surface area contributed by atoms with Gasteiger partial charge in [-0.2, -0.15) is 0 Å². The fraction of sp³-hybridized carbons (Fsp3) is 0.533. The van der Waals surface area contributed by atoms with Crippen LogP contribution >= 0.6 is 0 Å². The predicted octanol–water partition coefficient (Wildman–Crippen LogP) is 1.73. The summed E-state index contributed by atoms with van der Waals surface area (Å²) < 4.78 is 0. The van der Waals surface area contributed by atoms with Gasteiger partial charge in [0.05, 0.1) is 13.0 Å². The summed E-state index contributed by atoms with van der Waals surface area (Å²) in [6.45, 7) is 4.65. The maximum atomic E-state index is 11.9. The number of nitrogens with one attached hydrogen (secondary N) is 1. The lowest BCUT2D eigenvalue weighted by Gasteiger charge is -2.29. The van der Waals surface area contributed by atoms with Gasteiger partial charge in [-0.1, -0.05) is 32.0 Å². The van der Waals surface area contributed by atoms with E-state index in [9.17, 15) is 9.90 Å². The number of carbonyl (C=O) groups excluding carboxylic acids is 1. The third kappa shape index (κ3) is 4.24. The standard InChI is InChI=1S/C15H24N2O2/c1-3-15(4-2,11-18)10-17-14(19)9-12-7-5-6-8-13(12)16/h5-8,18H,3-4,9-11,16H2,1-2H3,(H,17,19). The molecule has 0 saturated heterocycles. The molecule has 0 aliphatic carbocycles. The number of carbonyl (C=O) groups is 1. The van der Waals surface area contributed by atoms with Crippen molar-refractivity contribution in [3.63, 3.8) is 0 Å². The van der Waals surface area contributed by atoms with Gasteiger partial charge in [-0.25, -0.2) is 0 Å². The zero-order valence-electron chi connectivity index (χ0n) is 11.8. The highest BCUT2D eigenvalue weighted by Gasteiger charge is 2.25. The van der Waals surface area contributed by atoms with Gasteiger partial charge in [-0.3, -0.25) is 4.79 Å². The van der Waals surface area contributed by atoms with E-state index < -0.39 is 0 Å². The van der Waals surface area contributed by atoms with E-state index in [2.05, 4.69) is 5.32 Å². The van der Waals surface area contributed by atoms with Gasteiger partial charge in [0.2, 0.25) is 5.91 Å². The first-order chi connectivity index (χ1) is 9.06. The van der Waals surface area contributed by atoms with E-state index in [0.29, 0.717) is 12.2 Å². The predicted molar refractivity (Wildman–Crippen MR) is 77.7 cm³/mol. The number of aliphatic hydroxyl groups is 1. The summed E-state index contributed by atoms with van der Waals surface area (Å²) in [6, 6.07) is 7.36. The van der Waals surface area contributed by atoms with Crippen molar-refractivity contribution in [2.75, 3.05) is 18.9 Å². The van der Waals surface area contributed by atoms with Crippen LogP contribution in [0.15, 0.2) is 24.3 Å². The Hall–Kier alpha value is -1.55. The molecule has 1 aromatic carbocycles. The van der Waals surface area contributed by atoms with Crippen molar-refractivity contribution in [2.45, 2.75) is 33.1 Å². The van der Waals surface area contributed by atoms with Crippen molar-refractivity contribution < 1.29 is 9.90 Å². The lowest BCUT2D eigenvalue weighted by molar-refractivity contribution is -0.121. The van der Waals surface area contributed by atoms with Crippen molar-refractivity contribution in [1.29, 1.82) is 0 Å². The second-order valence-electron chi connectivity index (χ2n) is 5.02. The molecule has 0 fully saturated rings. The van der Waals surface area contributed by atoms with Crippen LogP contribution < -0.4 is 11.1 Å². The van der Waals surface area contributed by atoms with E-state index in [4.69, 9.17) is 5.73 Å². The van der Waals surface area contributed by atoms with Crippen LogP contribution in [0.25, 0.3) is 0 Å². The van der Waals surface area contributed by atoms with Crippen LogP contribution in [0, 0.1) is 5.41 Å². The Bertz CT molecular complexity index is 406. The highest BCUT2D eigenvalue weighted by Crippen LogP contribution is 2.24. The zero-order chi connectivity index (χ0) is 14.3. The largest absolute Gasteiger partial charge is 0.398 e. The Kier molecular flexibility index (Phi) is 5.83. The Morgan fingerprint density at radius 1 is 1.32 bits per heavy atom. The van der Waals surface area contributed by atoms with Gasteiger partial charge in [-0.05, 0) is 24.5 Å². The van der Waals surface area contributed by atoms with Gasteiger partial charge >= 0.3 is 0 Å². The number of amides is 1. The van der Waals surface area contributed by atoms with Crippen LogP contribution in [0.2, 0.25) is 0 Å². The summed E-state index contributed by atoms with van der Waals surface area (Å²) in [5.74, 6) is -0.0578. The van der Waals surface area contributed by atoms with Crippen molar-refractivity contribution in [3.8, 4) is 0 Å². The topological polar surface area (TPSA) is 75.3 Å². The molecule has 0 saturated carbocycles. The highest BCUT2D eigenvalue weighted by molar-refractivity contribution is 5.80. The molecule has 1 amide bonds. The summed E-state index contributed by atoms with van der Waals surface area (Å²) in [5.41, 5.74) is 7.07. The molecule has 0 heterocycles. The zero-order valence-corrected chi connectivity index (χ0v) is 11.8. The summed E-state index contributed by atoms with van der Waals surface area (Å²) in [6.07, 6.45) is 1.96. The van der Waals surface area contributed by atoms with Crippen molar-refractivity contribution in [2.24, 2.45) is 5.41 Å². The first-order valence-electron chi connectivity index (χ1n) is 6.78. The minimum absolute atomic E-state index is 0.0578. The van der Waals surface area contributed by atoms with Gasteiger partial charge in [0.15, 0.2) is 0 Å². The number of benzene rings is 1. The molecule has 1 rings (SSSR count). The molecule has 0 atom stereocenters. The monoisotopic (exact) mass is 264 g/mol. The summed E-state index contributed by atoms with van der Waals surface area (Å²) in [7, 11) is 0. The van der Waals surface area contributed by atoms with Crippen molar-refractivity contribution >= 4 is 11.6 Å². The number of anilines is 1. The fourth-order valence-electron chi connectivity index (χ4n) is 2.00. The number of para-hydroxylation sites is 1. The normalized spacial score (nSPS) is 11.3. The quantitative estimate of drug-likeness (QED) is 0.656. The number of hydrogen-bond donors (Lipinski definition) is 3. The Balaban J connectivity index is 2.55. The van der Waals surface area contributed by atoms with Crippen molar-refractivity contribution in [1.82, 2.24) is 5.32 Å².